The maximum absolute atomic E-state index is 11.6. The molecule has 7 heteroatoms. The number of nitrogens with two attached hydrogens (primary N) is 1. The molecule has 0 amide bonds. The molecule has 19 heavy (non-hydrogen) atoms. The third-order valence-electron chi connectivity index (χ3n) is 2.42. The van der Waals surface area contributed by atoms with E-state index in [4.69, 9.17) is 10.5 Å². The molecule has 0 saturated carbocycles. The van der Waals surface area contributed by atoms with Crippen LogP contribution in [-0.4, -0.2) is 28.9 Å². The molecule has 2 aromatic rings. The van der Waals surface area contributed by atoms with Gasteiger partial charge in [0.15, 0.2) is 0 Å². The zero-order chi connectivity index (χ0) is 13.7. The van der Waals surface area contributed by atoms with Crippen molar-refractivity contribution < 1.29 is 9.53 Å². The lowest BCUT2D eigenvalue weighted by atomic mass is 10.4. The highest BCUT2D eigenvalue weighted by atomic mass is 32.1. The topological polar surface area (TPSA) is 82.2 Å². The smallest absolute Gasteiger partial charge is 0.350 e. The SMILES string of the molecule is CCOC(=O)c1sc(NCCn2cccn2)cc1N. The fourth-order valence-corrected chi connectivity index (χ4v) is 2.47. The Balaban J connectivity index is 1.90. The summed E-state index contributed by atoms with van der Waals surface area (Å²) < 4.78 is 6.76. The van der Waals surface area contributed by atoms with Crippen LogP contribution < -0.4 is 11.1 Å². The summed E-state index contributed by atoms with van der Waals surface area (Å²) >= 11 is 1.30. The van der Waals surface area contributed by atoms with Crippen molar-refractivity contribution in [3.63, 3.8) is 0 Å². The van der Waals surface area contributed by atoms with Gasteiger partial charge >= 0.3 is 5.97 Å². The molecule has 0 fully saturated rings. The second-order valence-electron chi connectivity index (χ2n) is 3.81. The predicted octanol–water partition coefficient (Wildman–Crippen LogP) is 1.82. The van der Waals surface area contributed by atoms with Crippen molar-refractivity contribution >= 4 is 28.0 Å². The maximum Gasteiger partial charge on any atom is 0.350 e. The zero-order valence-corrected chi connectivity index (χ0v) is 11.4. The first-order chi connectivity index (χ1) is 9.20. The van der Waals surface area contributed by atoms with Gasteiger partial charge in [-0.15, -0.1) is 11.3 Å². The van der Waals surface area contributed by atoms with Gasteiger partial charge < -0.3 is 15.8 Å². The van der Waals surface area contributed by atoms with Gasteiger partial charge in [-0.05, 0) is 19.1 Å². The van der Waals surface area contributed by atoms with Crippen LogP contribution in [0.4, 0.5) is 10.7 Å². The number of nitrogens with one attached hydrogen (secondary N) is 1. The highest BCUT2D eigenvalue weighted by Gasteiger charge is 2.15. The third kappa shape index (κ3) is 3.47. The van der Waals surface area contributed by atoms with Crippen molar-refractivity contribution in [1.29, 1.82) is 0 Å². The fraction of sp³-hybridized carbons (Fsp3) is 0.333. The predicted molar refractivity (Wildman–Crippen MR) is 75.4 cm³/mol. The number of esters is 1. The Kier molecular flexibility index (Phi) is 4.40. The lowest BCUT2D eigenvalue weighted by Gasteiger charge is -2.03. The molecule has 0 aliphatic heterocycles. The largest absolute Gasteiger partial charge is 0.462 e. The second-order valence-corrected chi connectivity index (χ2v) is 4.86. The monoisotopic (exact) mass is 280 g/mol. The summed E-state index contributed by atoms with van der Waals surface area (Å²) in [5, 5.41) is 8.17. The van der Waals surface area contributed by atoms with Crippen LogP contribution in [0.25, 0.3) is 0 Å². The Morgan fingerprint density at radius 2 is 2.47 bits per heavy atom. The molecule has 0 saturated heterocycles. The van der Waals surface area contributed by atoms with Crippen LogP contribution in [0, 0.1) is 0 Å². The molecule has 2 aromatic heterocycles. The van der Waals surface area contributed by atoms with E-state index >= 15 is 0 Å². The standard InChI is InChI=1S/C12H16N4O2S/c1-2-18-12(17)11-9(13)8-10(19-11)14-5-7-16-6-3-4-15-16/h3-4,6,8,14H,2,5,7,13H2,1H3. The summed E-state index contributed by atoms with van der Waals surface area (Å²) in [6.07, 6.45) is 3.64. The van der Waals surface area contributed by atoms with E-state index in [1.807, 2.05) is 16.9 Å². The lowest BCUT2D eigenvalue weighted by molar-refractivity contribution is 0.0533. The lowest BCUT2D eigenvalue weighted by Crippen LogP contribution is -2.09. The Bertz CT molecular complexity index is 536. The molecule has 2 heterocycles. The Morgan fingerprint density at radius 1 is 1.63 bits per heavy atom. The van der Waals surface area contributed by atoms with E-state index in [2.05, 4.69) is 10.4 Å². The fourth-order valence-electron chi connectivity index (χ4n) is 1.57. The van der Waals surface area contributed by atoms with E-state index in [0.29, 0.717) is 23.7 Å². The number of anilines is 2. The number of nitrogens with zero attached hydrogens (tertiary/aromatic N) is 2. The normalized spacial score (nSPS) is 10.4. The first-order valence-corrected chi connectivity index (χ1v) is 6.80. The molecule has 0 aromatic carbocycles. The van der Waals surface area contributed by atoms with Crippen LogP contribution in [0.2, 0.25) is 0 Å². The van der Waals surface area contributed by atoms with E-state index in [1.165, 1.54) is 11.3 Å². The van der Waals surface area contributed by atoms with Crippen LogP contribution in [-0.2, 0) is 11.3 Å². The highest BCUT2D eigenvalue weighted by Crippen LogP contribution is 2.29. The van der Waals surface area contributed by atoms with Crippen molar-refractivity contribution in [1.82, 2.24) is 9.78 Å². The Labute approximate surface area is 115 Å². The molecular formula is C12H16N4O2S. The van der Waals surface area contributed by atoms with E-state index < -0.39 is 0 Å². The summed E-state index contributed by atoms with van der Waals surface area (Å²) in [5.41, 5.74) is 6.24. The summed E-state index contributed by atoms with van der Waals surface area (Å²) in [6.45, 7) is 3.58. The number of rotatable bonds is 6. The average molecular weight is 280 g/mol. The Hall–Kier alpha value is -2.02. The number of nitrogen functional groups attached to an aromatic ring is 1. The number of ether oxygens (including phenoxy) is 1. The van der Waals surface area contributed by atoms with Gasteiger partial charge in [-0.25, -0.2) is 4.79 Å². The van der Waals surface area contributed by atoms with Gasteiger partial charge in [0, 0.05) is 18.9 Å². The summed E-state index contributed by atoms with van der Waals surface area (Å²) in [7, 11) is 0. The van der Waals surface area contributed by atoms with Gasteiger partial charge in [0.25, 0.3) is 0 Å². The molecule has 2 rings (SSSR count). The molecule has 0 aliphatic carbocycles. The van der Waals surface area contributed by atoms with Crippen molar-refractivity contribution in [2.45, 2.75) is 13.5 Å². The first-order valence-electron chi connectivity index (χ1n) is 5.98. The van der Waals surface area contributed by atoms with Crippen LogP contribution in [0.3, 0.4) is 0 Å². The minimum atomic E-state index is -0.370. The van der Waals surface area contributed by atoms with E-state index in [0.717, 1.165) is 11.5 Å². The van der Waals surface area contributed by atoms with Gasteiger partial charge in [0.05, 0.1) is 23.8 Å². The molecule has 0 aliphatic rings. The second kappa shape index (κ2) is 6.24. The van der Waals surface area contributed by atoms with Crippen LogP contribution in [0.5, 0.6) is 0 Å². The van der Waals surface area contributed by atoms with Gasteiger partial charge in [0.1, 0.15) is 4.88 Å². The molecule has 3 N–H and O–H groups in total. The molecule has 0 unspecified atom stereocenters. The minimum Gasteiger partial charge on any atom is -0.462 e. The quantitative estimate of drug-likeness (QED) is 0.789. The van der Waals surface area contributed by atoms with Crippen LogP contribution in [0.1, 0.15) is 16.6 Å². The molecule has 0 bridgehead atoms. The van der Waals surface area contributed by atoms with E-state index in [-0.39, 0.29) is 5.97 Å². The van der Waals surface area contributed by atoms with Gasteiger partial charge in [-0.1, -0.05) is 0 Å². The van der Waals surface area contributed by atoms with Gasteiger partial charge in [-0.3, -0.25) is 4.68 Å². The summed E-state index contributed by atoms with van der Waals surface area (Å²) in [6, 6.07) is 3.63. The average Bonchev–Trinajstić information content (AvgIpc) is 2.99. The molecular weight excluding hydrogens is 264 g/mol. The molecule has 102 valence electrons. The van der Waals surface area contributed by atoms with E-state index in [1.54, 1.807) is 19.2 Å². The number of carbonyl (C=O) groups excluding carboxylic acids is 1. The van der Waals surface area contributed by atoms with Crippen molar-refractivity contribution in [2.75, 3.05) is 24.2 Å². The van der Waals surface area contributed by atoms with Crippen molar-refractivity contribution in [3.8, 4) is 0 Å². The molecule has 0 spiro atoms. The number of thiophene rings is 1. The van der Waals surface area contributed by atoms with Crippen molar-refractivity contribution in [2.24, 2.45) is 0 Å². The summed E-state index contributed by atoms with van der Waals surface area (Å²) in [4.78, 5) is 12.1. The van der Waals surface area contributed by atoms with E-state index in [9.17, 15) is 4.79 Å². The number of aromatic nitrogens is 2. The van der Waals surface area contributed by atoms with Crippen molar-refractivity contribution in [3.05, 3.63) is 29.4 Å². The number of carbonyl (C=O) groups is 1. The zero-order valence-electron chi connectivity index (χ0n) is 10.6. The maximum atomic E-state index is 11.6. The van der Waals surface area contributed by atoms with Gasteiger partial charge in [-0.2, -0.15) is 5.10 Å². The highest BCUT2D eigenvalue weighted by molar-refractivity contribution is 7.18. The molecule has 0 radical (unpaired) electrons. The third-order valence-corrected chi connectivity index (χ3v) is 3.51. The summed E-state index contributed by atoms with van der Waals surface area (Å²) in [5.74, 6) is -0.370. The van der Waals surface area contributed by atoms with Crippen LogP contribution in [0.15, 0.2) is 24.5 Å². The first kappa shape index (κ1) is 13.4. The Morgan fingerprint density at radius 3 is 3.16 bits per heavy atom. The van der Waals surface area contributed by atoms with Crippen LogP contribution >= 0.6 is 11.3 Å². The molecule has 6 nitrogen and oxygen atoms in total. The van der Waals surface area contributed by atoms with Gasteiger partial charge in [0.2, 0.25) is 0 Å². The number of hydrogen-bond acceptors (Lipinski definition) is 6. The number of hydrogen-bond donors (Lipinski definition) is 2. The molecule has 0 atom stereocenters. The minimum absolute atomic E-state index is 0.345.